The number of aromatic nitrogens is 2. The van der Waals surface area contributed by atoms with Gasteiger partial charge in [-0.25, -0.2) is 0 Å². The molecule has 0 aliphatic rings. The number of nitriles is 1. The van der Waals surface area contributed by atoms with Gasteiger partial charge in [-0.3, -0.25) is 4.68 Å². The molecule has 0 fully saturated rings. The molecule has 76 valence electrons. The lowest BCUT2D eigenvalue weighted by atomic mass is 10.2. The van der Waals surface area contributed by atoms with Crippen molar-refractivity contribution in [1.82, 2.24) is 9.78 Å². The Morgan fingerprint density at radius 3 is 3.07 bits per heavy atom. The SMILES string of the molecule is N#CCn1cc(CCl)c(-c2ccsc2)n1. The van der Waals surface area contributed by atoms with E-state index in [9.17, 15) is 0 Å². The molecular formula is C10H8ClN3S. The highest BCUT2D eigenvalue weighted by atomic mass is 35.5. The van der Waals surface area contributed by atoms with Crippen molar-refractivity contribution in [3.63, 3.8) is 0 Å². The first-order valence-corrected chi connectivity index (χ1v) is 5.84. The van der Waals surface area contributed by atoms with Gasteiger partial charge in [0, 0.05) is 22.7 Å². The topological polar surface area (TPSA) is 41.6 Å². The Kier molecular flexibility index (Phi) is 3.05. The van der Waals surface area contributed by atoms with Crippen LogP contribution in [0, 0.1) is 11.3 Å². The number of hydrogen-bond acceptors (Lipinski definition) is 3. The summed E-state index contributed by atoms with van der Waals surface area (Å²) in [5.74, 6) is 0.413. The zero-order valence-electron chi connectivity index (χ0n) is 7.85. The minimum absolute atomic E-state index is 0.258. The Hall–Kier alpha value is -1.31. The van der Waals surface area contributed by atoms with Crippen LogP contribution in [0.2, 0.25) is 0 Å². The molecule has 0 amide bonds. The highest BCUT2D eigenvalue weighted by Crippen LogP contribution is 2.25. The molecule has 0 aromatic carbocycles. The van der Waals surface area contributed by atoms with Crippen molar-refractivity contribution < 1.29 is 0 Å². The number of alkyl halides is 1. The van der Waals surface area contributed by atoms with E-state index in [0.29, 0.717) is 5.88 Å². The molecule has 0 saturated carbocycles. The van der Waals surface area contributed by atoms with E-state index in [0.717, 1.165) is 16.8 Å². The Labute approximate surface area is 96.5 Å². The fraction of sp³-hybridized carbons (Fsp3) is 0.200. The Bertz CT molecular complexity index is 481. The van der Waals surface area contributed by atoms with Crippen molar-refractivity contribution in [2.45, 2.75) is 12.4 Å². The van der Waals surface area contributed by atoms with E-state index in [-0.39, 0.29) is 6.54 Å². The smallest absolute Gasteiger partial charge is 0.128 e. The third-order valence-electron chi connectivity index (χ3n) is 2.01. The van der Waals surface area contributed by atoms with Crippen LogP contribution in [0.15, 0.2) is 23.0 Å². The van der Waals surface area contributed by atoms with Gasteiger partial charge in [-0.05, 0) is 11.4 Å². The van der Waals surface area contributed by atoms with E-state index in [1.54, 1.807) is 16.0 Å². The lowest BCUT2D eigenvalue weighted by Crippen LogP contribution is -1.95. The fourth-order valence-electron chi connectivity index (χ4n) is 1.36. The van der Waals surface area contributed by atoms with Gasteiger partial charge in [0.15, 0.2) is 0 Å². The number of nitrogens with zero attached hydrogens (tertiary/aromatic N) is 3. The third kappa shape index (κ3) is 2.04. The maximum atomic E-state index is 8.58. The van der Waals surface area contributed by atoms with Crippen molar-refractivity contribution in [3.05, 3.63) is 28.6 Å². The van der Waals surface area contributed by atoms with Crippen LogP contribution >= 0.6 is 22.9 Å². The molecule has 2 aromatic rings. The summed E-state index contributed by atoms with van der Waals surface area (Å²) in [6, 6.07) is 4.05. The first-order chi connectivity index (χ1) is 7.35. The van der Waals surface area contributed by atoms with Crippen LogP contribution in [-0.4, -0.2) is 9.78 Å². The van der Waals surface area contributed by atoms with Crippen molar-refractivity contribution in [1.29, 1.82) is 5.26 Å². The highest BCUT2D eigenvalue weighted by Gasteiger charge is 2.10. The van der Waals surface area contributed by atoms with E-state index in [4.69, 9.17) is 16.9 Å². The molecule has 0 aliphatic heterocycles. The molecule has 0 atom stereocenters. The average Bonchev–Trinajstić information content (AvgIpc) is 2.84. The lowest BCUT2D eigenvalue weighted by Gasteiger charge is -1.93. The molecule has 5 heteroatoms. The second-order valence-corrected chi connectivity index (χ2v) is 4.05. The largest absolute Gasteiger partial charge is 0.258 e. The summed E-state index contributed by atoms with van der Waals surface area (Å²) in [6.07, 6.45) is 1.82. The molecule has 0 spiro atoms. The molecule has 2 heterocycles. The van der Waals surface area contributed by atoms with Gasteiger partial charge >= 0.3 is 0 Å². The standard InChI is InChI=1S/C10H8ClN3S/c11-5-9-6-14(3-2-12)13-10(9)8-1-4-15-7-8/h1,4,6-7H,3,5H2. The summed E-state index contributed by atoms with van der Waals surface area (Å²) in [5, 5.41) is 16.9. The normalized spacial score (nSPS) is 10.1. The first-order valence-electron chi connectivity index (χ1n) is 4.37. The number of thiophene rings is 1. The van der Waals surface area contributed by atoms with Crippen molar-refractivity contribution in [3.8, 4) is 17.3 Å². The number of rotatable bonds is 3. The molecule has 0 radical (unpaired) electrons. The van der Waals surface area contributed by atoms with Crippen molar-refractivity contribution in [2.75, 3.05) is 0 Å². The van der Waals surface area contributed by atoms with Crippen LogP contribution in [0.4, 0.5) is 0 Å². The predicted molar refractivity (Wildman–Crippen MR) is 60.7 cm³/mol. The van der Waals surface area contributed by atoms with Crippen LogP contribution in [0.3, 0.4) is 0 Å². The van der Waals surface area contributed by atoms with E-state index in [1.807, 2.05) is 23.0 Å². The first kappa shape index (κ1) is 10.2. The molecule has 2 rings (SSSR count). The maximum Gasteiger partial charge on any atom is 0.128 e. The molecule has 0 saturated heterocycles. The highest BCUT2D eigenvalue weighted by molar-refractivity contribution is 7.08. The van der Waals surface area contributed by atoms with Crippen LogP contribution < -0.4 is 0 Å². The van der Waals surface area contributed by atoms with Crippen LogP contribution in [0.5, 0.6) is 0 Å². The molecule has 3 nitrogen and oxygen atoms in total. The number of hydrogen-bond donors (Lipinski definition) is 0. The molecule has 0 N–H and O–H groups in total. The zero-order chi connectivity index (χ0) is 10.7. The number of halogens is 1. The molecule has 2 aromatic heterocycles. The van der Waals surface area contributed by atoms with Gasteiger partial charge in [0.1, 0.15) is 6.54 Å². The van der Waals surface area contributed by atoms with Crippen LogP contribution in [-0.2, 0) is 12.4 Å². The molecule has 0 aliphatic carbocycles. The fourth-order valence-corrected chi connectivity index (χ4v) is 2.19. The van der Waals surface area contributed by atoms with Crippen molar-refractivity contribution >= 4 is 22.9 Å². The minimum Gasteiger partial charge on any atom is -0.258 e. The van der Waals surface area contributed by atoms with Crippen LogP contribution in [0.1, 0.15) is 5.56 Å². The molecule has 15 heavy (non-hydrogen) atoms. The van der Waals surface area contributed by atoms with Gasteiger partial charge in [0.2, 0.25) is 0 Å². The van der Waals surface area contributed by atoms with Crippen molar-refractivity contribution in [2.24, 2.45) is 0 Å². The average molecular weight is 238 g/mol. The summed E-state index contributed by atoms with van der Waals surface area (Å²) >= 11 is 7.45. The predicted octanol–water partition coefficient (Wildman–Crippen LogP) is 2.87. The summed E-state index contributed by atoms with van der Waals surface area (Å²) in [4.78, 5) is 0. The van der Waals surface area contributed by atoms with Gasteiger partial charge in [-0.1, -0.05) is 0 Å². The second kappa shape index (κ2) is 4.47. The lowest BCUT2D eigenvalue weighted by molar-refractivity contribution is 0.712. The maximum absolute atomic E-state index is 8.58. The van der Waals surface area contributed by atoms with Gasteiger partial charge in [0.05, 0.1) is 17.6 Å². The van der Waals surface area contributed by atoms with Gasteiger partial charge in [0.25, 0.3) is 0 Å². The zero-order valence-corrected chi connectivity index (χ0v) is 9.42. The van der Waals surface area contributed by atoms with E-state index < -0.39 is 0 Å². The summed E-state index contributed by atoms with van der Waals surface area (Å²) < 4.78 is 1.62. The quantitative estimate of drug-likeness (QED) is 0.771. The third-order valence-corrected chi connectivity index (χ3v) is 2.98. The Morgan fingerprint density at radius 1 is 1.60 bits per heavy atom. The summed E-state index contributed by atoms with van der Waals surface area (Å²) in [6.45, 7) is 0.258. The van der Waals surface area contributed by atoms with Gasteiger partial charge in [-0.2, -0.15) is 21.7 Å². The summed E-state index contributed by atoms with van der Waals surface area (Å²) in [5.41, 5.74) is 2.90. The van der Waals surface area contributed by atoms with Gasteiger partial charge in [-0.15, -0.1) is 11.6 Å². The van der Waals surface area contributed by atoms with Gasteiger partial charge < -0.3 is 0 Å². The molecule has 0 bridgehead atoms. The van der Waals surface area contributed by atoms with E-state index >= 15 is 0 Å². The molecular weight excluding hydrogens is 230 g/mol. The van der Waals surface area contributed by atoms with Crippen LogP contribution in [0.25, 0.3) is 11.3 Å². The second-order valence-electron chi connectivity index (χ2n) is 3.00. The van der Waals surface area contributed by atoms with E-state index in [2.05, 4.69) is 11.2 Å². The minimum atomic E-state index is 0.258. The monoisotopic (exact) mass is 237 g/mol. The van der Waals surface area contributed by atoms with E-state index in [1.165, 1.54) is 0 Å². The summed E-state index contributed by atoms with van der Waals surface area (Å²) in [7, 11) is 0. The Balaban J connectivity index is 2.42. The molecule has 0 unspecified atom stereocenters. The Morgan fingerprint density at radius 2 is 2.47 bits per heavy atom.